The molecule has 40 valence electrons. The van der Waals surface area contributed by atoms with E-state index in [4.69, 9.17) is 5.90 Å². The Morgan fingerprint density at radius 1 is 1.86 bits per heavy atom. The second kappa shape index (κ2) is 3.61. The van der Waals surface area contributed by atoms with E-state index in [0.29, 0.717) is 6.42 Å². The third-order valence-corrected chi connectivity index (χ3v) is 0.556. The largest absolute Gasteiger partial charge is 0.329 e. The molecule has 2 radical (unpaired) electrons. The van der Waals surface area contributed by atoms with E-state index in [2.05, 4.69) is 4.84 Å². The second-order valence-corrected chi connectivity index (χ2v) is 1.21. The van der Waals surface area contributed by atoms with Crippen LogP contribution in [0.15, 0.2) is 0 Å². The van der Waals surface area contributed by atoms with Crippen LogP contribution in [-0.2, 0) is 9.63 Å². The van der Waals surface area contributed by atoms with E-state index < -0.39 is 5.97 Å². The van der Waals surface area contributed by atoms with Gasteiger partial charge in [0.25, 0.3) is 0 Å². The fourth-order valence-electron chi connectivity index (χ4n) is 0.250. The maximum Gasteiger partial charge on any atom is 0.329 e. The first-order chi connectivity index (χ1) is 3.31. The van der Waals surface area contributed by atoms with Gasteiger partial charge in [-0.15, -0.1) is 0 Å². The van der Waals surface area contributed by atoms with Crippen LogP contribution in [0.1, 0.15) is 19.8 Å². The van der Waals surface area contributed by atoms with Gasteiger partial charge < -0.3 is 4.84 Å². The summed E-state index contributed by atoms with van der Waals surface area (Å²) >= 11 is 0. The summed E-state index contributed by atoms with van der Waals surface area (Å²) in [5.74, 6) is 7.05. The van der Waals surface area contributed by atoms with E-state index in [1.165, 1.54) is 0 Å². The van der Waals surface area contributed by atoms with Gasteiger partial charge in [0.15, 0.2) is 0 Å². The van der Waals surface area contributed by atoms with Gasteiger partial charge in [0, 0.05) is 6.42 Å². The molecule has 0 aliphatic carbocycles. The Bertz CT molecular complexity index is 62.7. The number of carbonyl (C=O) groups excluding carboxylic acids is 1. The van der Waals surface area contributed by atoms with Gasteiger partial charge in [-0.2, -0.15) is 0 Å². The molecule has 0 aliphatic rings. The monoisotopic (exact) mass is 101 g/mol. The average Bonchev–Trinajstić information content (AvgIpc) is 1.68. The van der Waals surface area contributed by atoms with Crippen LogP contribution < -0.4 is 5.90 Å². The normalized spacial score (nSPS) is 8.29. The van der Waals surface area contributed by atoms with Crippen LogP contribution in [-0.4, -0.2) is 5.97 Å². The highest BCUT2D eigenvalue weighted by Crippen LogP contribution is 1.86. The van der Waals surface area contributed by atoms with E-state index in [9.17, 15) is 4.79 Å². The lowest BCUT2D eigenvalue weighted by Gasteiger charge is -1.86. The molecule has 0 unspecified atom stereocenters. The zero-order chi connectivity index (χ0) is 5.70. The molecule has 3 nitrogen and oxygen atoms in total. The molecule has 3 heteroatoms. The average molecular weight is 101 g/mol. The van der Waals surface area contributed by atoms with Gasteiger partial charge in [0.05, 0.1) is 0 Å². The topological polar surface area (TPSA) is 48.6 Å². The van der Waals surface area contributed by atoms with E-state index in [1.54, 1.807) is 0 Å². The molecule has 0 rings (SSSR count). The molecule has 0 bridgehead atoms. The van der Waals surface area contributed by atoms with Crippen molar-refractivity contribution < 1.29 is 9.63 Å². The zero-order valence-corrected chi connectivity index (χ0v) is 4.18. The van der Waals surface area contributed by atoms with Gasteiger partial charge in [0.2, 0.25) is 0 Å². The molecule has 0 N–H and O–H groups in total. The highest BCUT2D eigenvalue weighted by molar-refractivity contribution is 5.68. The van der Waals surface area contributed by atoms with Gasteiger partial charge in [0.1, 0.15) is 5.90 Å². The molecule has 0 atom stereocenters. The van der Waals surface area contributed by atoms with E-state index in [-0.39, 0.29) is 6.42 Å². The lowest BCUT2D eigenvalue weighted by atomic mass is 10.3. The van der Waals surface area contributed by atoms with Crippen molar-refractivity contribution in [2.75, 3.05) is 0 Å². The number of hydrogen-bond acceptors (Lipinski definition) is 2. The van der Waals surface area contributed by atoms with Crippen LogP contribution in [0.4, 0.5) is 0 Å². The summed E-state index contributed by atoms with van der Waals surface area (Å²) in [5, 5.41) is 0. The summed E-state index contributed by atoms with van der Waals surface area (Å²) in [6, 6.07) is 0. The Labute approximate surface area is 42.4 Å². The molecule has 0 heterocycles. The Hall–Kier alpha value is -0.570. The van der Waals surface area contributed by atoms with E-state index >= 15 is 0 Å². The summed E-state index contributed by atoms with van der Waals surface area (Å²) in [7, 11) is 0. The zero-order valence-electron chi connectivity index (χ0n) is 4.18. The lowest BCUT2D eigenvalue weighted by Crippen LogP contribution is -1.99. The molecule has 0 aromatic carbocycles. The van der Waals surface area contributed by atoms with Gasteiger partial charge in [-0.3, -0.25) is 4.79 Å². The molecule has 0 aliphatic heterocycles. The summed E-state index contributed by atoms with van der Waals surface area (Å²) < 4.78 is 0. The lowest BCUT2D eigenvalue weighted by molar-refractivity contribution is -0.145. The van der Waals surface area contributed by atoms with Gasteiger partial charge in [-0.1, -0.05) is 6.92 Å². The minimum Gasteiger partial charge on any atom is -0.329 e. The van der Waals surface area contributed by atoms with Crippen molar-refractivity contribution in [1.82, 2.24) is 5.90 Å². The maximum absolute atomic E-state index is 9.94. The van der Waals surface area contributed by atoms with Crippen molar-refractivity contribution in [3.8, 4) is 0 Å². The Morgan fingerprint density at radius 3 is 2.57 bits per heavy atom. The summed E-state index contributed by atoms with van der Waals surface area (Å²) in [5.41, 5.74) is 0. The van der Waals surface area contributed by atoms with Crippen LogP contribution in [0.5, 0.6) is 0 Å². The van der Waals surface area contributed by atoms with Crippen molar-refractivity contribution >= 4 is 5.97 Å². The Morgan fingerprint density at radius 2 is 2.43 bits per heavy atom. The molecule has 0 amide bonds. The van der Waals surface area contributed by atoms with Crippen molar-refractivity contribution in [3.63, 3.8) is 0 Å². The van der Waals surface area contributed by atoms with Crippen LogP contribution in [0.2, 0.25) is 0 Å². The van der Waals surface area contributed by atoms with Crippen LogP contribution in [0.25, 0.3) is 0 Å². The van der Waals surface area contributed by atoms with E-state index in [0.717, 1.165) is 0 Å². The van der Waals surface area contributed by atoms with Crippen molar-refractivity contribution in [2.24, 2.45) is 0 Å². The maximum atomic E-state index is 9.94. The number of rotatable bonds is 2. The fraction of sp³-hybridized carbons (Fsp3) is 0.750. The minimum atomic E-state index is -0.567. The van der Waals surface area contributed by atoms with Crippen molar-refractivity contribution in [3.05, 3.63) is 0 Å². The van der Waals surface area contributed by atoms with Gasteiger partial charge >= 0.3 is 5.97 Å². The molecule has 0 saturated heterocycles. The first-order valence-corrected chi connectivity index (χ1v) is 2.15. The molecular weight excluding hydrogens is 94.0 g/mol. The number of hydrogen-bond donors (Lipinski definition) is 0. The molecule has 7 heavy (non-hydrogen) atoms. The SMILES string of the molecule is CCCC(=O)O[N]. The highest BCUT2D eigenvalue weighted by Gasteiger charge is 1.95. The summed E-state index contributed by atoms with van der Waals surface area (Å²) in [4.78, 5) is 13.3. The quantitative estimate of drug-likeness (QED) is 0.470. The second-order valence-electron chi connectivity index (χ2n) is 1.21. The predicted octanol–water partition coefficient (Wildman–Crippen LogP) is 0.313. The third kappa shape index (κ3) is 3.26. The van der Waals surface area contributed by atoms with Crippen LogP contribution >= 0.6 is 0 Å². The van der Waals surface area contributed by atoms with Crippen LogP contribution in [0, 0.1) is 0 Å². The summed E-state index contributed by atoms with van der Waals surface area (Å²) in [6.07, 6.45) is 0.996. The number of nitrogens with zero attached hydrogens (tertiary/aromatic N) is 1. The molecule has 0 aromatic heterocycles. The van der Waals surface area contributed by atoms with Crippen molar-refractivity contribution in [2.45, 2.75) is 19.8 Å². The third-order valence-electron chi connectivity index (χ3n) is 0.556. The Balaban J connectivity index is 3.00. The number of carbonyl (C=O) groups is 1. The predicted molar refractivity (Wildman–Crippen MR) is 23.1 cm³/mol. The molecule has 0 saturated carbocycles. The van der Waals surface area contributed by atoms with Gasteiger partial charge in [-0.05, 0) is 6.42 Å². The van der Waals surface area contributed by atoms with E-state index in [1.807, 2.05) is 6.92 Å². The first kappa shape index (κ1) is 6.43. The summed E-state index contributed by atoms with van der Waals surface area (Å²) in [6.45, 7) is 1.83. The minimum absolute atomic E-state index is 0.288. The molecule has 0 aromatic rings. The standard InChI is InChI=1S/C4H7NO2/c1-2-3-4(6)7-5/h2-3H2,1H3. The molecule has 0 spiro atoms. The molecule has 0 fully saturated rings. The van der Waals surface area contributed by atoms with Crippen LogP contribution in [0.3, 0.4) is 0 Å². The Kier molecular flexibility index (Phi) is 3.32. The van der Waals surface area contributed by atoms with Gasteiger partial charge in [-0.25, -0.2) is 0 Å². The smallest absolute Gasteiger partial charge is 0.329 e. The fourth-order valence-corrected chi connectivity index (χ4v) is 0.250. The highest BCUT2D eigenvalue weighted by atomic mass is 16.7. The van der Waals surface area contributed by atoms with Crippen molar-refractivity contribution in [1.29, 1.82) is 0 Å². The first-order valence-electron chi connectivity index (χ1n) is 2.15. The molecular formula is C4H7NO2.